The summed E-state index contributed by atoms with van der Waals surface area (Å²) in [6.07, 6.45) is 5.67. The molecule has 1 fully saturated rings. The lowest BCUT2D eigenvalue weighted by Crippen LogP contribution is -2.33. The van der Waals surface area contributed by atoms with Crippen molar-refractivity contribution >= 4 is 45.6 Å². The molecular formula is C29H30Cl2N4O2. The van der Waals surface area contributed by atoms with Crippen LogP contribution in [0.5, 0.6) is 5.75 Å². The number of nitrogens with zero attached hydrogens (tertiary/aromatic N) is 3. The Morgan fingerprint density at radius 2 is 1.73 bits per heavy atom. The minimum atomic E-state index is -0.145. The fraction of sp³-hybridized carbons (Fsp3) is 0.310. The predicted octanol–water partition coefficient (Wildman–Crippen LogP) is 7.00. The van der Waals surface area contributed by atoms with Crippen molar-refractivity contribution in [3.05, 3.63) is 81.2 Å². The summed E-state index contributed by atoms with van der Waals surface area (Å²) in [5.74, 6) is 1.50. The first-order chi connectivity index (χ1) is 18.0. The number of piperidine rings is 1. The number of pyridine rings is 2. The Morgan fingerprint density at radius 1 is 1.00 bits per heavy atom. The van der Waals surface area contributed by atoms with E-state index < -0.39 is 0 Å². The molecule has 0 aliphatic carbocycles. The fourth-order valence-corrected chi connectivity index (χ4v) is 5.45. The van der Waals surface area contributed by atoms with E-state index in [4.69, 9.17) is 27.9 Å². The van der Waals surface area contributed by atoms with E-state index in [1.165, 1.54) is 32.4 Å². The minimum Gasteiger partial charge on any atom is -0.492 e. The Labute approximate surface area is 226 Å². The molecule has 0 saturated carbocycles. The van der Waals surface area contributed by atoms with Crippen LogP contribution in [0.3, 0.4) is 0 Å². The van der Waals surface area contributed by atoms with Crippen molar-refractivity contribution in [2.75, 3.05) is 31.6 Å². The zero-order valence-electron chi connectivity index (χ0n) is 20.8. The van der Waals surface area contributed by atoms with Crippen LogP contribution < -0.4 is 15.6 Å². The van der Waals surface area contributed by atoms with E-state index in [1.54, 1.807) is 29.0 Å². The van der Waals surface area contributed by atoms with Crippen molar-refractivity contribution in [3.63, 3.8) is 0 Å². The smallest absolute Gasteiger partial charge is 0.259 e. The number of nitrogens with one attached hydrogen (secondary N) is 1. The third kappa shape index (κ3) is 5.77. The summed E-state index contributed by atoms with van der Waals surface area (Å²) in [4.78, 5) is 20.4. The maximum Gasteiger partial charge on any atom is 0.259 e. The molecule has 0 bridgehead atoms. The quantitative estimate of drug-likeness (QED) is 0.262. The van der Waals surface area contributed by atoms with Gasteiger partial charge in [-0.15, -0.1) is 0 Å². The van der Waals surface area contributed by atoms with Crippen LogP contribution >= 0.6 is 23.2 Å². The molecule has 1 aliphatic heterocycles. The second kappa shape index (κ2) is 11.5. The molecule has 0 amide bonds. The number of anilines is 2. The molecule has 2 aromatic carbocycles. The zero-order valence-corrected chi connectivity index (χ0v) is 22.4. The van der Waals surface area contributed by atoms with Crippen molar-refractivity contribution in [2.45, 2.75) is 32.7 Å². The van der Waals surface area contributed by atoms with Gasteiger partial charge in [-0.2, -0.15) is 0 Å². The van der Waals surface area contributed by atoms with Crippen molar-refractivity contribution in [1.29, 1.82) is 0 Å². The van der Waals surface area contributed by atoms with E-state index in [9.17, 15) is 4.79 Å². The van der Waals surface area contributed by atoms with E-state index in [2.05, 4.69) is 15.2 Å². The molecule has 3 heterocycles. The van der Waals surface area contributed by atoms with E-state index in [0.29, 0.717) is 40.1 Å². The SMILES string of the molecule is CCn1c(=O)c(-c2c(Cl)cccc2Cl)cc2cnc(Nc3ccc(OCCN4CCCCC4)cc3)cc21. The molecule has 0 spiro atoms. The lowest BCUT2D eigenvalue weighted by molar-refractivity contribution is 0.183. The molecule has 1 saturated heterocycles. The van der Waals surface area contributed by atoms with E-state index >= 15 is 0 Å². The number of rotatable bonds is 8. The van der Waals surface area contributed by atoms with Gasteiger partial charge in [-0.3, -0.25) is 9.69 Å². The van der Waals surface area contributed by atoms with Crippen LogP contribution in [-0.4, -0.2) is 40.7 Å². The van der Waals surface area contributed by atoms with E-state index in [1.807, 2.05) is 43.3 Å². The van der Waals surface area contributed by atoms with Gasteiger partial charge in [0.05, 0.1) is 21.1 Å². The first-order valence-electron chi connectivity index (χ1n) is 12.7. The number of benzene rings is 2. The van der Waals surface area contributed by atoms with Crippen LogP contribution in [0.15, 0.2) is 65.6 Å². The Balaban J connectivity index is 1.33. The number of aryl methyl sites for hydroxylation is 1. The maximum absolute atomic E-state index is 13.4. The lowest BCUT2D eigenvalue weighted by Gasteiger charge is -2.26. The van der Waals surface area contributed by atoms with Gasteiger partial charge in [0.15, 0.2) is 0 Å². The molecule has 0 radical (unpaired) electrons. The highest BCUT2D eigenvalue weighted by atomic mass is 35.5. The highest BCUT2D eigenvalue weighted by Crippen LogP contribution is 2.34. The van der Waals surface area contributed by atoms with Gasteiger partial charge >= 0.3 is 0 Å². The lowest BCUT2D eigenvalue weighted by atomic mass is 10.0. The normalized spacial score (nSPS) is 14.1. The van der Waals surface area contributed by atoms with Gasteiger partial charge in [0.25, 0.3) is 5.56 Å². The van der Waals surface area contributed by atoms with Crippen molar-refractivity contribution in [2.24, 2.45) is 0 Å². The van der Waals surface area contributed by atoms with Gasteiger partial charge in [0, 0.05) is 42.0 Å². The van der Waals surface area contributed by atoms with Crippen molar-refractivity contribution in [3.8, 4) is 16.9 Å². The Bertz CT molecular complexity index is 1430. The van der Waals surface area contributed by atoms with E-state index in [0.717, 1.165) is 28.9 Å². The standard InChI is InChI=1S/C29H30Cl2N4O2/c1-2-35-26-18-27(32-19-20(26)17-23(29(35)36)28-24(30)7-6-8-25(28)31)33-21-9-11-22(12-10-21)37-16-15-34-13-4-3-5-14-34/h6-12,17-19H,2-5,13-16H2,1H3,(H,32,33). The summed E-state index contributed by atoms with van der Waals surface area (Å²) < 4.78 is 7.66. The van der Waals surface area contributed by atoms with Gasteiger partial charge < -0.3 is 14.6 Å². The highest BCUT2D eigenvalue weighted by Gasteiger charge is 2.16. The third-order valence-electron chi connectivity index (χ3n) is 6.78. The van der Waals surface area contributed by atoms with Crippen LogP contribution in [0, 0.1) is 0 Å². The Morgan fingerprint density at radius 3 is 2.43 bits per heavy atom. The zero-order chi connectivity index (χ0) is 25.8. The summed E-state index contributed by atoms with van der Waals surface area (Å²) in [7, 11) is 0. The van der Waals surface area contributed by atoms with E-state index in [-0.39, 0.29) is 5.56 Å². The molecule has 4 aromatic rings. The number of halogens is 2. The molecule has 192 valence electrons. The number of likely N-dealkylation sites (tertiary alicyclic amines) is 1. The molecule has 6 nitrogen and oxygen atoms in total. The van der Waals surface area contributed by atoms with Gasteiger partial charge in [0.2, 0.25) is 0 Å². The largest absolute Gasteiger partial charge is 0.492 e. The molecule has 8 heteroatoms. The van der Waals surface area contributed by atoms with Gasteiger partial charge in [-0.1, -0.05) is 35.7 Å². The Kier molecular flexibility index (Phi) is 7.99. The molecule has 1 aliphatic rings. The van der Waals surface area contributed by atoms with Crippen LogP contribution in [0.4, 0.5) is 11.5 Å². The molecular weight excluding hydrogens is 507 g/mol. The third-order valence-corrected chi connectivity index (χ3v) is 7.41. The summed E-state index contributed by atoms with van der Waals surface area (Å²) in [5.41, 5.74) is 2.53. The van der Waals surface area contributed by atoms with Gasteiger partial charge in [-0.25, -0.2) is 4.98 Å². The number of aromatic nitrogens is 2. The summed E-state index contributed by atoms with van der Waals surface area (Å²) in [5, 5.41) is 5.05. The average molecular weight is 537 g/mol. The summed E-state index contributed by atoms with van der Waals surface area (Å²) >= 11 is 12.8. The van der Waals surface area contributed by atoms with Gasteiger partial charge in [0.1, 0.15) is 18.2 Å². The second-order valence-electron chi connectivity index (χ2n) is 9.23. The van der Waals surface area contributed by atoms with Crippen LogP contribution in [-0.2, 0) is 6.54 Å². The average Bonchev–Trinajstić information content (AvgIpc) is 2.91. The summed E-state index contributed by atoms with van der Waals surface area (Å²) in [6.45, 7) is 6.44. The minimum absolute atomic E-state index is 0.145. The molecule has 5 rings (SSSR count). The topological polar surface area (TPSA) is 59.4 Å². The predicted molar refractivity (Wildman–Crippen MR) is 153 cm³/mol. The first kappa shape index (κ1) is 25.6. The molecule has 0 unspecified atom stereocenters. The molecule has 37 heavy (non-hydrogen) atoms. The monoisotopic (exact) mass is 536 g/mol. The summed E-state index contributed by atoms with van der Waals surface area (Å²) in [6, 6.07) is 16.8. The Hall–Kier alpha value is -3.06. The second-order valence-corrected chi connectivity index (χ2v) is 10.0. The number of hydrogen-bond acceptors (Lipinski definition) is 5. The highest BCUT2D eigenvalue weighted by molar-refractivity contribution is 6.39. The fourth-order valence-electron chi connectivity index (χ4n) is 4.85. The number of fused-ring (bicyclic) bond motifs is 1. The van der Waals surface area contributed by atoms with Crippen LogP contribution in [0.25, 0.3) is 22.0 Å². The molecule has 1 N–H and O–H groups in total. The molecule has 2 aromatic heterocycles. The first-order valence-corrected chi connectivity index (χ1v) is 13.5. The van der Waals surface area contributed by atoms with Gasteiger partial charge in [-0.05, 0) is 75.3 Å². The van der Waals surface area contributed by atoms with Crippen molar-refractivity contribution < 1.29 is 4.74 Å². The van der Waals surface area contributed by atoms with Crippen LogP contribution in [0.2, 0.25) is 10.0 Å². The van der Waals surface area contributed by atoms with Crippen LogP contribution in [0.1, 0.15) is 26.2 Å². The molecule has 0 atom stereocenters. The maximum atomic E-state index is 13.4. The van der Waals surface area contributed by atoms with Crippen molar-refractivity contribution in [1.82, 2.24) is 14.5 Å². The number of hydrogen-bond donors (Lipinski definition) is 1. The number of ether oxygens (including phenoxy) is 1.